The van der Waals surface area contributed by atoms with Gasteiger partial charge in [0.1, 0.15) is 12.1 Å². The van der Waals surface area contributed by atoms with Gasteiger partial charge < -0.3 is 9.55 Å². The first kappa shape index (κ1) is 8.84. The summed E-state index contributed by atoms with van der Waals surface area (Å²) in [6.07, 6.45) is 6.60. The van der Waals surface area contributed by atoms with Gasteiger partial charge in [0, 0.05) is 18.6 Å². The third kappa shape index (κ3) is 1.22. The lowest BCUT2D eigenvalue weighted by Gasteiger charge is -2.02. The van der Waals surface area contributed by atoms with Crippen molar-refractivity contribution in [2.75, 3.05) is 0 Å². The molecule has 78 valence electrons. The number of nitrogens with zero attached hydrogens (tertiary/aromatic N) is 3. The average Bonchev–Trinajstić information content (AvgIpc) is 2.75. The number of fused-ring (bicyclic) bond motifs is 1. The summed E-state index contributed by atoms with van der Waals surface area (Å²) in [4.78, 5) is 22.2. The van der Waals surface area contributed by atoms with Crippen LogP contribution in [0, 0.1) is 0 Å². The summed E-state index contributed by atoms with van der Waals surface area (Å²) in [7, 11) is 0. The van der Waals surface area contributed by atoms with Gasteiger partial charge >= 0.3 is 0 Å². The molecular formula is C11H8N4O. The number of aromatic amines is 1. The predicted octanol–water partition coefficient (Wildman–Crippen LogP) is 1.11. The third-order valence-corrected chi connectivity index (χ3v) is 2.44. The van der Waals surface area contributed by atoms with E-state index in [1.165, 1.54) is 6.33 Å². The molecule has 3 rings (SSSR count). The van der Waals surface area contributed by atoms with Gasteiger partial charge in [-0.15, -0.1) is 0 Å². The Morgan fingerprint density at radius 1 is 1.25 bits per heavy atom. The molecule has 5 heteroatoms. The SMILES string of the molecule is O=c1[nH]ccc2c1ccn2-c1ccncn1. The monoisotopic (exact) mass is 212 g/mol. The number of hydrogen-bond donors (Lipinski definition) is 1. The minimum absolute atomic E-state index is 0.0923. The molecule has 3 heterocycles. The van der Waals surface area contributed by atoms with Gasteiger partial charge in [0.2, 0.25) is 0 Å². The summed E-state index contributed by atoms with van der Waals surface area (Å²) in [6, 6.07) is 5.41. The maximum atomic E-state index is 11.5. The van der Waals surface area contributed by atoms with Gasteiger partial charge in [-0.2, -0.15) is 0 Å². The number of aromatic nitrogens is 4. The first-order chi connectivity index (χ1) is 7.86. The van der Waals surface area contributed by atoms with E-state index in [0.717, 1.165) is 11.3 Å². The van der Waals surface area contributed by atoms with Crippen LogP contribution in [0.5, 0.6) is 0 Å². The number of pyridine rings is 1. The molecule has 0 aliphatic heterocycles. The molecule has 16 heavy (non-hydrogen) atoms. The topological polar surface area (TPSA) is 63.6 Å². The van der Waals surface area contributed by atoms with Crippen LogP contribution >= 0.6 is 0 Å². The van der Waals surface area contributed by atoms with Crippen molar-refractivity contribution in [2.45, 2.75) is 0 Å². The van der Waals surface area contributed by atoms with E-state index in [1.54, 1.807) is 24.5 Å². The molecule has 1 N–H and O–H groups in total. The fourth-order valence-corrected chi connectivity index (χ4v) is 1.71. The summed E-state index contributed by atoms with van der Waals surface area (Å²) in [5.74, 6) is 0.746. The largest absolute Gasteiger partial charge is 0.328 e. The van der Waals surface area contributed by atoms with Crippen LogP contribution in [0.4, 0.5) is 0 Å². The standard InChI is InChI=1S/C11H8N4O/c16-11-8-3-6-15(9(8)1-5-13-11)10-2-4-12-7-14-10/h1-7H,(H,13,16). The summed E-state index contributed by atoms with van der Waals surface area (Å²) in [5, 5.41) is 0.654. The fourth-order valence-electron chi connectivity index (χ4n) is 1.71. The highest BCUT2D eigenvalue weighted by Crippen LogP contribution is 2.14. The second-order valence-electron chi connectivity index (χ2n) is 3.36. The highest BCUT2D eigenvalue weighted by molar-refractivity contribution is 5.80. The van der Waals surface area contributed by atoms with Gasteiger partial charge in [0.25, 0.3) is 5.56 Å². The molecule has 0 spiro atoms. The maximum absolute atomic E-state index is 11.5. The fraction of sp³-hybridized carbons (Fsp3) is 0. The minimum Gasteiger partial charge on any atom is -0.328 e. The van der Waals surface area contributed by atoms with Gasteiger partial charge in [-0.1, -0.05) is 0 Å². The van der Waals surface area contributed by atoms with Crippen LogP contribution in [0.1, 0.15) is 0 Å². The lowest BCUT2D eigenvalue weighted by molar-refractivity contribution is 1.01. The Bertz CT molecular complexity index is 684. The Morgan fingerprint density at radius 2 is 2.19 bits per heavy atom. The molecule has 5 nitrogen and oxygen atoms in total. The second-order valence-corrected chi connectivity index (χ2v) is 3.36. The van der Waals surface area contributed by atoms with Gasteiger partial charge in [-0.05, 0) is 18.2 Å². The Hall–Kier alpha value is -2.43. The van der Waals surface area contributed by atoms with E-state index in [-0.39, 0.29) is 5.56 Å². The van der Waals surface area contributed by atoms with E-state index in [1.807, 2.05) is 16.8 Å². The summed E-state index contributed by atoms with van der Waals surface area (Å²) < 4.78 is 1.85. The minimum atomic E-state index is -0.0923. The highest BCUT2D eigenvalue weighted by Gasteiger charge is 2.05. The zero-order valence-corrected chi connectivity index (χ0v) is 8.29. The second kappa shape index (κ2) is 3.30. The molecular weight excluding hydrogens is 204 g/mol. The first-order valence-corrected chi connectivity index (χ1v) is 4.81. The van der Waals surface area contributed by atoms with Crippen LogP contribution in [0.15, 0.2) is 47.9 Å². The van der Waals surface area contributed by atoms with Crippen molar-refractivity contribution in [2.24, 2.45) is 0 Å². The van der Waals surface area contributed by atoms with Crippen molar-refractivity contribution in [3.05, 3.63) is 53.5 Å². The molecule has 0 aromatic carbocycles. The molecule has 0 atom stereocenters. The summed E-state index contributed by atoms with van der Waals surface area (Å²) >= 11 is 0. The normalized spacial score (nSPS) is 10.8. The Kier molecular flexibility index (Phi) is 1.83. The average molecular weight is 212 g/mol. The van der Waals surface area contributed by atoms with Crippen molar-refractivity contribution in [3.8, 4) is 5.82 Å². The Labute approximate surface area is 90.4 Å². The lowest BCUT2D eigenvalue weighted by Crippen LogP contribution is -2.04. The number of H-pyrrole nitrogens is 1. The van der Waals surface area contributed by atoms with E-state index in [0.29, 0.717) is 5.39 Å². The first-order valence-electron chi connectivity index (χ1n) is 4.81. The van der Waals surface area contributed by atoms with Gasteiger partial charge in [0.15, 0.2) is 0 Å². The molecule has 0 aliphatic carbocycles. The Morgan fingerprint density at radius 3 is 3.00 bits per heavy atom. The zero-order chi connectivity index (χ0) is 11.0. The van der Waals surface area contributed by atoms with Crippen molar-refractivity contribution < 1.29 is 0 Å². The van der Waals surface area contributed by atoms with Gasteiger partial charge in [-0.25, -0.2) is 9.97 Å². The molecule has 0 amide bonds. The molecule has 0 saturated heterocycles. The van der Waals surface area contributed by atoms with Crippen molar-refractivity contribution in [1.82, 2.24) is 19.5 Å². The molecule has 0 fully saturated rings. The van der Waals surface area contributed by atoms with Crippen molar-refractivity contribution in [3.63, 3.8) is 0 Å². The Balaban J connectivity index is 2.34. The number of rotatable bonds is 1. The number of nitrogens with one attached hydrogen (secondary N) is 1. The third-order valence-electron chi connectivity index (χ3n) is 2.44. The van der Waals surface area contributed by atoms with Crippen LogP contribution < -0.4 is 5.56 Å². The van der Waals surface area contributed by atoms with E-state index >= 15 is 0 Å². The smallest absolute Gasteiger partial charge is 0.257 e. The lowest BCUT2D eigenvalue weighted by atomic mass is 10.3. The maximum Gasteiger partial charge on any atom is 0.257 e. The summed E-state index contributed by atoms with van der Waals surface area (Å²) in [6.45, 7) is 0. The van der Waals surface area contributed by atoms with Crippen LogP contribution in [0.3, 0.4) is 0 Å². The van der Waals surface area contributed by atoms with Crippen LogP contribution in [-0.4, -0.2) is 19.5 Å². The van der Waals surface area contributed by atoms with Crippen LogP contribution in [0.25, 0.3) is 16.7 Å². The van der Waals surface area contributed by atoms with Crippen molar-refractivity contribution >= 4 is 10.9 Å². The quantitative estimate of drug-likeness (QED) is 0.657. The summed E-state index contributed by atoms with van der Waals surface area (Å²) in [5.41, 5.74) is 0.743. The zero-order valence-electron chi connectivity index (χ0n) is 8.29. The van der Waals surface area contributed by atoms with Gasteiger partial charge in [0.05, 0.1) is 10.9 Å². The van der Waals surface area contributed by atoms with E-state index in [4.69, 9.17) is 0 Å². The molecule has 0 aliphatic rings. The predicted molar refractivity (Wildman–Crippen MR) is 59.5 cm³/mol. The van der Waals surface area contributed by atoms with E-state index in [2.05, 4.69) is 15.0 Å². The van der Waals surface area contributed by atoms with Crippen LogP contribution in [0.2, 0.25) is 0 Å². The molecule has 3 aromatic rings. The molecule has 0 saturated carbocycles. The van der Waals surface area contributed by atoms with Gasteiger partial charge in [-0.3, -0.25) is 4.79 Å². The van der Waals surface area contributed by atoms with Crippen LogP contribution in [-0.2, 0) is 0 Å². The molecule has 0 radical (unpaired) electrons. The van der Waals surface area contributed by atoms with E-state index in [9.17, 15) is 4.79 Å². The van der Waals surface area contributed by atoms with E-state index < -0.39 is 0 Å². The highest BCUT2D eigenvalue weighted by atomic mass is 16.1. The molecule has 0 bridgehead atoms. The molecule has 3 aromatic heterocycles. The van der Waals surface area contributed by atoms with Crippen molar-refractivity contribution in [1.29, 1.82) is 0 Å². The molecule has 0 unspecified atom stereocenters. The number of hydrogen-bond acceptors (Lipinski definition) is 3.